The van der Waals surface area contributed by atoms with Crippen molar-refractivity contribution < 1.29 is 18.3 Å². The molecule has 84 valence electrons. The van der Waals surface area contributed by atoms with Crippen LogP contribution in [0.5, 0.6) is 0 Å². The Kier molecular flexibility index (Phi) is 4.31. The van der Waals surface area contributed by atoms with Crippen LogP contribution in [0.4, 0.5) is 0 Å². The normalized spacial score (nSPS) is 27.7. The van der Waals surface area contributed by atoms with Gasteiger partial charge in [0.15, 0.2) is 9.84 Å². The van der Waals surface area contributed by atoms with Gasteiger partial charge in [-0.05, 0) is 6.42 Å². The largest absolute Gasteiger partial charge is 0.389 e. The maximum absolute atomic E-state index is 11.1. The van der Waals surface area contributed by atoms with Crippen molar-refractivity contribution in [2.24, 2.45) is 0 Å². The van der Waals surface area contributed by atoms with Crippen LogP contribution in [0.1, 0.15) is 6.42 Å². The summed E-state index contributed by atoms with van der Waals surface area (Å²) in [4.78, 5) is 0. The highest BCUT2D eigenvalue weighted by molar-refractivity contribution is 7.91. The van der Waals surface area contributed by atoms with Crippen molar-refractivity contribution in [3.63, 3.8) is 0 Å². The lowest BCUT2D eigenvalue weighted by molar-refractivity contribution is 0.0632. The Hall–Kier alpha value is -0.170. The van der Waals surface area contributed by atoms with Gasteiger partial charge in [0.1, 0.15) is 0 Å². The summed E-state index contributed by atoms with van der Waals surface area (Å²) in [5, 5.41) is 12.3. The van der Waals surface area contributed by atoms with E-state index in [4.69, 9.17) is 4.74 Å². The molecular formula is C8H17NO4S. The van der Waals surface area contributed by atoms with E-state index in [1.165, 1.54) is 7.11 Å². The van der Waals surface area contributed by atoms with E-state index in [-0.39, 0.29) is 24.2 Å². The van der Waals surface area contributed by atoms with Crippen molar-refractivity contribution in [1.82, 2.24) is 5.32 Å². The lowest BCUT2D eigenvalue weighted by Gasteiger charge is -2.14. The van der Waals surface area contributed by atoms with E-state index in [2.05, 4.69) is 5.32 Å². The second-order valence-electron chi connectivity index (χ2n) is 3.62. The van der Waals surface area contributed by atoms with E-state index in [0.29, 0.717) is 13.0 Å². The highest BCUT2D eigenvalue weighted by atomic mass is 32.2. The van der Waals surface area contributed by atoms with Crippen LogP contribution in [0.2, 0.25) is 0 Å². The molecule has 2 atom stereocenters. The quantitative estimate of drug-likeness (QED) is 0.610. The van der Waals surface area contributed by atoms with Gasteiger partial charge in [0.05, 0.1) is 24.2 Å². The van der Waals surface area contributed by atoms with Gasteiger partial charge in [-0.3, -0.25) is 0 Å². The van der Waals surface area contributed by atoms with Gasteiger partial charge in [0.2, 0.25) is 0 Å². The van der Waals surface area contributed by atoms with Gasteiger partial charge >= 0.3 is 0 Å². The Morgan fingerprint density at radius 2 is 2.36 bits per heavy atom. The first-order chi connectivity index (χ1) is 6.53. The molecule has 6 heteroatoms. The number of aliphatic hydroxyl groups excluding tert-OH is 1. The SMILES string of the molecule is COCC(O)CNC1CCS(=O)(=O)C1. The molecule has 0 aromatic heterocycles. The molecule has 1 rings (SSSR count). The van der Waals surface area contributed by atoms with Crippen LogP contribution in [0.3, 0.4) is 0 Å². The Labute approximate surface area is 84.4 Å². The molecule has 2 unspecified atom stereocenters. The van der Waals surface area contributed by atoms with Crippen LogP contribution >= 0.6 is 0 Å². The molecule has 0 spiro atoms. The van der Waals surface area contributed by atoms with Gasteiger partial charge in [-0.2, -0.15) is 0 Å². The van der Waals surface area contributed by atoms with Crippen LogP contribution in [0, 0.1) is 0 Å². The zero-order valence-corrected chi connectivity index (χ0v) is 9.09. The number of methoxy groups -OCH3 is 1. The van der Waals surface area contributed by atoms with Crippen LogP contribution in [-0.2, 0) is 14.6 Å². The van der Waals surface area contributed by atoms with E-state index in [0.717, 1.165) is 0 Å². The van der Waals surface area contributed by atoms with Crippen molar-refractivity contribution in [1.29, 1.82) is 0 Å². The number of hydrogen-bond donors (Lipinski definition) is 2. The molecule has 5 nitrogen and oxygen atoms in total. The summed E-state index contributed by atoms with van der Waals surface area (Å²) in [5.41, 5.74) is 0. The average Bonchev–Trinajstić information content (AvgIpc) is 2.43. The number of aliphatic hydroxyl groups is 1. The molecule has 0 saturated carbocycles. The Morgan fingerprint density at radius 3 is 2.86 bits per heavy atom. The lowest BCUT2D eigenvalue weighted by atomic mass is 10.2. The number of hydrogen-bond acceptors (Lipinski definition) is 5. The smallest absolute Gasteiger partial charge is 0.151 e. The standard InChI is InChI=1S/C8H17NO4S/c1-13-5-8(10)4-9-7-2-3-14(11,12)6-7/h7-10H,2-6H2,1H3. The summed E-state index contributed by atoms with van der Waals surface area (Å²) in [6.07, 6.45) is 0.0745. The molecular weight excluding hydrogens is 206 g/mol. The summed E-state index contributed by atoms with van der Waals surface area (Å²) >= 11 is 0. The van der Waals surface area contributed by atoms with Crippen LogP contribution in [0.15, 0.2) is 0 Å². The molecule has 0 radical (unpaired) electrons. The molecule has 1 fully saturated rings. The maximum Gasteiger partial charge on any atom is 0.151 e. The van der Waals surface area contributed by atoms with Gasteiger partial charge in [-0.15, -0.1) is 0 Å². The minimum absolute atomic E-state index is 0.00786. The molecule has 0 aliphatic carbocycles. The van der Waals surface area contributed by atoms with Crippen molar-refractivity contribution in [3.05, 3.63) is 0 Å². The molecule has 0 aromatic rings. The maximum atomic E-state index is 11.1. The van der Waals surface area contributed by atoms with E-state index >= 15 is 0 Å². The third kappa shape index (κ3) is 3.91. The Bertz CT molecular complexity index is 265. The summed E-state index contributed by atoms with van der Waals surface area (Å²) in [7, 11) is -1.31. The van der Waals surface area contributed by atoms with E-state index in [1.54, 1.807) is 0 Å². The first-order valence-electron chi connectivity index (χ1n) is 4.64. The third-order valence-electron chi connectivity index (χ3n) is 2.23. The fourth-order valence-corrected chi connectivity index (χ4v) is 3.22. The molecule has 14 heavy (non-hydrogen) atoms. The molecule has 2 N–H and O–H groups in total. The molecule has 1 heterocycles. The van der Waals surface area contributed by atoms with Gasteiger partial charge < -0.3 is 15.2 Å². The van der Waals surface area contributed by atoms with Crippen molar-refractivity contribution in [3.8, 4) is 0 Å². The first-order valence-corrected chi connectivity index (χ1v) is 6.46. The average molecular weight is 223 g/mol. The molecule has 0 aromatic carbocycles. The van der Waals surface area contributed by atoms with E-state index in [9.17, 15) is 13.5 Å². The van der Waals surface area contributed by atoms with Crippen molar-refractivity contribution in [2.75, 3.05) is 31.8 Å². The van der Waals surface area contributed by atoms with Gasteiger partial charge in [-0.1, -0.05) is 0 Å². The molecule has 1 saturated heterocycles. The first kappa shape index (κ1) is 11.9. The van der Waals surface area contributed by atoms with Crippen molar-refractivity contribution >= 4 is 9.84 Å². The summed E-state index contributed by atoms with van der Waals surface area (Å²) in [6, 6.07) is -0.00786. The molecule has 0 bridgehead atoms. The molecule has 1 aliphatic rings. The predicted molar refractivity (Wildman–Crippen MR) is 52.9 cm³/mol. The number of rotatable bonds is 5. The second-order valence-corrected chi connectivity index (χ2v) is 5.85. The van der Waals surface area contributed by atoms with Gasteiger partial charge in [-0.25, -0.2) is 8.42 Å². The van der Waals surface area contributed by atoms with Crippen molar-refractivity contribution in [2.45, 2.75) is 18.6 Å². The predicted octanol–water partition coefficient (Wildman–Crippen LogP) is -1.23. The number of nitrogens with one attached hydrogen (secondary N) is 1. The van der Waals surface area contributed by atoms with E-state index < -0.39 is 15.9 Å². The summed E-state index contributed by atoms with van der Waals surface area (Å²) < 4.78 is 26.9. The van der Waals surface area contributed by atoms with Gasteiger partial charge in [0.25, 0.3) is 0 Å². The minimum atomic E-state index is -2.83. The lowest BCUT2D eigenvalue weighted by Crippen LogP contribution is -2.37. The highest BCUT2D eigenvalue weighted by Crippen LogP contribution is 2.10. The van der Waals surface area contributed by atoms with E-state index in [1.807, 2.05) is 0 Å². The molecule has 0 amide bonds. The van der Waals surface area contributed by atoms with Crippen LogP contribution in [-0.4, -0.2) is 57.4 Å². The fourth-order valence-electron chi connectivity index (χ4n) is 1.51. The van der Waals surface area contributed by atoms with Crippen LogP contribution < -0.4 is 5.32 Å². The van der Waals surface area contributed by atoms with Gasteiger partial charge in [0, 0.05) is 19.7 Å². The van der Waals surface area contributed by atoms with Crippen LogP contribution in [0.25, 0.3) is 0 Å². The zero-order valence-electron chi connectivity index (χ0n) is 8.27. The summed E-state index contributed by atoms with van der Waals surface area (Å²) in [6.45, 7) is 0.653. The monoisotopic (exact) mass is 223 g/mol. The minimum Gasteiger partial charge on any atom is -0.389 e. The fraction of sp³-hybridized carbons (Fsp3) is 1.00. The topological polar surface area (TPSA) is 75.6 Å². The Balaban J connectivity index is 2.20. The zero-order chi connectivity index (χ0) is 10.6. The number of sulfone groups is 1. The highest BCUT2D eigenvalue weighted by Gasteiger charge is 2.27. The Morgan fingerprint density at radius 1 is 1.64 bits per heavy atom. The molecule has 1 aliphatic heterocycles. The number of ether oxygens (including phenoxy) is 1. The third-order valence-corrected chi connectivity index (χ3v) is 4.00. The second kappa shape index (κ2) is 5.06. The summed E-state index contributed by atoms with van der Waals surface area (Å²) in [5.74, 6) is 0.442.